The topological polar surface area (TPSA) is 39.7 Å². The third kappa shape index (κ3) is 6.39. The summed E-state index contributed by atoms with van der Waals surface area (Å²) in [7, 11) is 0. The van der Waals surface area contributed by atoms with E-state index in [9.17, 15) is 0 Å². The Hall–Kier alpha value is 0.310. The average Bonchev–Trinajstić information content (AvgIpc) is 3.16. The van der Waals surface area contributed by atoms with E-state index in [1.54, 1.807) is 0 Å². The van der Waals surface area contributed by atoms with Crippen molar-refractivity contribution in [3.8, 4) is 0 Å². The predicted octanol–water partition coefficient (Wildman–Crippen LogP) is 2.01. The van der Waals surface area contributed by atoms with Crippen LogP contribution in [0.25, 0.3) is 0 Å². The zero-order valence-electron chi connectivity index (χ0n) is 12.7. The second-order valence-electron chi connectivity index (χ2n) is 5.52. The van der Waals surface area contributed by atoms with Crippen molar-refractivity contribution in [1.29, 1.82) is 0 Å². The van der Waals surface area contributed by atoms with Gasteiger partial charge < -0.3 is 15.5 Å². The number of nitrogens with one attached hydrogen (secondary N) is 2. The molecule has 1 aliphatic heterocycles. The molecule has 1 unspecified atom stereocenters. The van der Waals surface area contributed by atoms with Gasteiger partial charge in [-0.15, -0.1) is 24.0 Å². The zero-order chi connectivity index (χ0) is 13.5. The summed E-state index contributed by atoms with van der Waals surface area (Å²) in [4.78, 5) is 7.40. The van der Waals surface area contributed by atoms with E-state index in [0.717, 1.165) is 43.3 Å². The summed E-state index contributed by atoms with van der Waals surface area (Å²) in [5, 5.41) is 6.72. The number of halogens is 1. The first-order valence-electron chi connectivity index (χ1n) is 7.58. The number of guanidine groups is 1. The fourth-order valence-corrected chi connectivity index (χ4v) is 2.92. The highest BCUT2D eigenvalue weighted by atomic mass is 127. The lowest BCUT2D eigenvalue weighted by molar-refractivity contribution is 0.315. The minimum atomic E-state index is 0. The Bertz CT molecular complexity index is 297. The Labute approximate surface area is 144 Å². The van der Waals surface area contributed by atoms with Crippen molar-refractivity contribution in [2.45, 2.75) is 32.2 Å². The molecule has 0 aromatic rings. The van der Waals surface area contributed by atoms with Crippen molar-refractivity contribution < 1.29 is 0 Å². The normalized spacial score (nSPS) is 23.5. The van der Waals surface area contributed by atoms with E-state index in [2.05, 4.69) is 28.7 Å². The van der Waals surface area contributed by atoms with Crippen LogP contribution in [-0.4, -0.2) is 61.6 Å². The molecule has 2 fully saturated rings. The lowest BCUT2D eigenvalue weighted by Crippen LogP contribution is -2.38. The van der Waals surface area contributed by atoms with Crippen LogP contribution >= 0.6 is 35.7 Å². The Morgan fingerprint density at radius 2 is 2.10 bits per heavy atom. The van der Waals surface area contributed by atoms with Gasteiger partial charge >= 0.3 is 0 Å². The van der Waals surface area contributed by atoms with Crippen LogP contribution in [0.5, 0.6) is 0 Å². The van der Waals surface area contributed by atoms with Gasteiger partial charge in [-0.2, -0.15) is 11.8 Å². The average molecular weight is 412 g/mol. The smallest absolute Gasteiger partial charge is 0.191 e. The van der Waals surface area contributed by atoms with Gasteiger partial charge in [0.1, 0.15) is 0 Å². The molecule has 1 heterocycles. The number of thioether (sulfide) groups is 1. The highest BCUT2D eigenvalue weighted by Gasteiger charge is 2.34. The number of rotatable bonds is 7. The van der Waals surface area contributed by atoms with E-state index in [1.807, 2.05) is 11.8 Å². The fraction of sp³-hybridized carbons (Fsp3) is 0.929. The largest absolute Gasteiger partial charge is 0.357 e. The summed E-state index contributed by atoms with van der Waals surface area (Å²) in [6.07, 6.45) is 6.31. The lowest BCUT2D eigenvalue weighted by atomic mass is 10.1. The summed E-state index contributed by atoms with van der Waals surface area (Å²) >= 11 is 1.86. The first-order valence-corrected chi connectivity index (χ1v) is 8.98. The van der Waals surface area contributed by atoms with Crippen LogP contribution in [0.3, 0.4) is 0 Å². The zero-order valence-corrected chi connectivity index (χ0v) is 15.9. The van der Waals surface area contributed by atoms with Crippen molar-refractivity contribution >= 4 is 41.7 Å². The van der Waals surface area contributed by atoms with Crippen LogP contribution in [-0.2, 0) is 0 Å². The van der Waals surface area contributed by atoms with Gasteiger partial charge in [0.15, 0.2) is 5.96 Å². The summed E-state index contributed by atoms with van der Waals surface area (Å²) in [6, 6.07) is 0.918. The van der Waals surface area contributed by atoms with E-state index in [4.69, 9.17) is 4.99 Å². The first-order chi connectivity index (χ1) is 9.33. The molecule has 0 bridgehead atoms. The molecule has 118 valence electrons. The molecule has 0 aromatic carbocycles. The number of aliphatic imine (C=N–C) groups is 1. The number of likely N-dealkylation sites (tertiary alicyclic amines) is 1. The van der Waals surface area contributed by atoms with Crippen LogP contribution in [0.2, 0.25) is 0 Å². The number of hydrogen-bond acceptors (Lipinski definition) is 3. The molecule has 20 heavy (non-hydrogen) atoms. The Morgan fingerprint density at radius 1 is 1.30 bits per heavy atom. The molecule has 0 spiro atoms. The fourth-order valence-electron chi connectivity index (χ4n) is 2.62. The monoisotopic (exact) mass is 412 g/mol. The third-order valence-corrected chi connectivity index (χ3v) is 4.44. The SMILES string of the molecule is CCNC(=NCC1CCN(C2CC2)C1)NCCSC.I. The quantitative estimate of drug-likeness (QED) is 0.291. The Kier molecular flexibility index (Phi) is 9.28. The summed E-state index contributed by atoms with van der Waals surface area (Å²) in [6.45, 7) is 7.57. The molecule has 1 saturated carbocycles. The maximum Gasteiger partial charge on any atom is 0.191 e. The molecule has 1 aliphatic carbocycles. The standard InChI is InChI=1S/C14H28N4S.HI/c1-3-15-14(16-7-9-19-2)17-10-12-6-8-18(11-12)13-4-5-13;/h12-13H,3-11H2,1-2H3,(H2,15,16,17);1H. The van der Waals surface area contributed by atoms with Crippen LogP contribution in [0, 0.1) is 5.92 Å². The summed E-state index contributed by atoms with van der Waals surface area (Å²) in [5.41, 5.74) is 0. The Morgan fingerprint density at radius 3 is 2.75 bits per heavy atom. The highest BCUT2D eigenvalue weighted by molar-refractivity contribution is 14.0. The second kappa shape index (κ2) is 10.1. The van der Waals surface area contributed by atoms with Gasteiger partial charge in [-0.1, -0.05) is 0 Å². The van der Waals surface area contributed by atoms with E-state index < -0.39 is 0 Å². The minimum Gasteiger partial charge on any atom is -0.357 e. The first kappa shape index (κ1) is 18.4. The molecule has 2 aliphatic rings. The van der Waals surface area contributed by atoms with Gasteiger partial charge in [-0.25, -0.2) is 0 Å². The van der Waals surface area contributed by atoms with Crippen LogP contribution in [0.15, 0.2) is 4.99 Å². The number of hydrogen-bond donors (Lipinski definition) is 2. The molecule has 4 nitrogen and oxygen atoms in total. The van der Waals surface area contributed by atoms with Gasteiger partial charge in [-0.3, -0.25) is 4.99 Å². The highest BCUT2D eigenvalue weighted by Crippen LogP contribution is 2.31. The van der Waals surface area contributed by atoms with Gasteiger partial charge in [-0.05, 0) is 44.9 Å². The van der Waals surface area contributed by atoms with E-state index in [1.165, 1.54) is 32.4 Å². The summed E-state index contributed by atoms with van der Waals surface area (Å²) < 4.78 is 0. The van der Waals surface area contributed by atoms with E-state index in [0.29, 0.717) is 0 Å². The van der Waals surface area contributed by atoms with Gasteiger partial charge in [0.05, 0.1) is 0 Å². The van der Waals surface area contributed by atoms with Crippen molar-refractivity contribution in [3.05, 3.63) is 0 Å². The van der Waals surface area contributed by atoms with Gasteiger partial charge in [0, 0.05) is 38.0 Å². The van der Waals surface area contributed by atoms with E-state index in [-0.39, 0.29) is 24.0 Å². The van der Waals surface area contributed by atoms with Crippen molar-refractivity contribution in [2.24, 2.45) is 10.9 Å². The van der Waals surface area contributed by atoms with Gasteiger partial charge in [0.2, 0.25) is 0 Å². The predicted molar refractivity (Wildman–Crippen MR) is 100 cm³/mol. The molecular formula is C14H29IN4S. The van der Waals surface area contributed by atoms with Crippen molar-refractivity contribution in [2.75, 3.05) is 44.7 Å². The molecule has 2 rings (SSSR count). The molecule has 0 radical (unpaired) electrons. The van der Waals surface area contributed by atoms with Crippen molar-refractivity contribution in [1.82, 2.24) is 15.5 Å². The Balaban J connectivity index is 0.00000200. The molecule has 1 atom stereocenters. The molecule has 2 N–H and O–H groups in total. The molecular weight excluding hydrogens is 383 g/mol. The summed E-state index contributed by atoms with van der Waals surface area (Å²) in [5.74, 6) is 2.88. The van der Waals surface area contributed by atoms with Crippen molar-refractivity contribution in [3.63, 3.8) is 0 Å². The van der Waals surface area contributed by atoms with Crippen LogP contribution in [0.1, 0.15) is 26.2 Å². The lowest BCUT2D eigenvalue weighted by Gasteiger charge is -2.14. The van der Waals surface area contributed by atoms with Gasteiger partial charge in [0.25, 0.3) is 0 Å². The maximum atomic E-state index is 4.74. The van der Waals surface area contributed by atoms with Crippen LogP contribution in [0.4, 0.5) is 0 Å². The third-order valence-electron chi connectivity index (χ3n) is 3.83. The molecule has 1 saturated heterocycles. The maximum absolute atomic E-state index is 4.74. The minimum absolute atomic E-state index is 0. The number of nitrogens with zero attached hydrogens (tertiary/aromatic N) is 2. The second-order valence-corrected chi connectivity index (χ2v) is 6.51. The molecule has 0 amide bonds. The molecule has 0 aromatic heterocycles. The molecule has 6 heteroatoms. The van der Waals surface area contributed by atoms with Crippen LogP contribution < -0.4 is 10.6 Å². The van der Waals surface area contributed by atoms with E-state index >= 15 is 0 Å².